The number of hydrogen-bond donors (Lipinski definition) is 1. The Bertz CT molecular complexity index is 428. The fourth-order valence-corrected chi connectivity index (χ4v) is 2.10. The van der Waals surface area contributed by atoms with E-state index in [4.69, 9.17) is 10.5 Å². The minimum absolute atomic E-state index is 0.171. The average molecular weight is 215 g/mol. The summed E-state index contributed by atoms with van der Waals surface area (Å²) in [4.78, 5) is 0. The van der Waals surface area contributed by atoms with E-state index in [2.05, 4.69) is 24.0 Å². The molecule has 1 aromatic rings. The molecule has 2 nitrogen and oxygen atoms in total. The van der Waals surface area contributed by atoms with Gasteiger partial charge in [0.15, 0.2) is 0 Å². The predicted molar refractivity (Wildman–Crippen MR) is 65.3 cm³/mol. The lowest BCUT2D eigenvalue weighted by atomic mass is 9.88. The molecule has 0 heterocycles. The van der Waals surface area contributed by atoms with Crippen molar-refractivity contribution in [1.29, 1.82) is 0 Å². The molecule has 0 unspecified atom stereocenters. The van der Waals surface area contributed by atoms with E-state index in [1.165, 1.54) is 17.5 Å². The highest BCUT2D eigenvalue weighted by atomic mass is 16.5. The summed E-state index contributed by atoms with van der Waals surface area (Å²) in [6.45, 7) is 2.26. The van der Waals surface area contributed by atoms with E-state index >= 15 is 0 Å². The third-order valence-corrected chi connectivity index (χ3v) is 2.97. The fraction of sp³-hybridized carbons (Fsp3) is 0.429. The van der Waals surface area contributed by atoms with Crippen molar-refractivity contribution in [1.82, 2.24) is 0 Å². The SMILES string of the molecule is CC#CCOc1ccc2c(c1)[C@@H](N)CCC2. The van der Waals surface area contributed by atoms with E-state index in [-0.39, 0.29) is 6.04 Å². The molecule has 2 rings (SSSR count). The number of aryl methyl sites for hydroxylation is 1. The largest absolute Gasteiger partial charge is 0.481 e. The summed E-state index contributed by atoms with van der Waals surface area (Å²) in [5.41, 5.74) is 8.70. The fourth-order valence-electron chi connectivity index (χ4n) is 2.10. The number of fused-ring (bicyclic) bond motifs is 1. The summed E-state index contributed by atoms with van der Waals surface area (Å²) < 4.78 is 5.53. The number of benzene rings is 1. The summed E-state index contributed by atoms with van der Waals surface area (Å²) in [6.07, 6.45) is 3.40. The van der Waals surface area contributed by atoms with Gasteiger partial charge in [-0.05, 0) is 49.4 Å². The van der Waals surface area contributed by atoms with Crippen LogP contribution in [0.15, 0.2) is 18.2 Å². The van der Waals surface area contributed by atoms with E-state index in [1.54, 1.807) is 0 Å². The lowest BCUT2D eigenvalue weighted by Crippen LogP contribution is -2.17. The standard InChI is InChI=1S/C14H17NO/c1-2-3-9-16-12-8-7-11-5-4-6-14(15)13(11)10-12/h7-8,10,14H,4-6,9,15H2,1H3/t14-/m0/s1. The Balaban J connectivity index is 2.16. The van der Waals surface area contributed by atoms with Crippen molar-refractivity contribution in [3.05, 3.63) is 29.3 Å². The van der Waals surface area contributed by atoms with E-state index in [9.17, 15) is 0 Å². The first-order valence-corrected chi connectivity index (χ1v) is 5.72. The molecule has 1 aromatic carbocycles. The third kappa shape index (κ3) is 2.37. The first-order valence-electron chi connectivity index (χ1n) is 5.72. The minimum Gasteiger partial charge on any atom is -0.481 e. The van der Waals surface area contributed by atoms with E-state index in [1.807, 2.05) is 13.0 Å². The lowest BCUT2D eigenvalue weighted by molar-refractivity contribution is 0.368. The average Bonchev–Trinajstić information content (AvgIpc) is 2.30. The van der Waals surface area contributed by atoms with Crippen molar-refractivity contribution in [3.63, 3.8) is 0 Å². The molecule has 84 valence electrons. The van der Waals surface area contributed by atoms with Crippen LogP contribution >= 0.6 is 0 Å². The van der Waals surface area contributed by atoms with Gasteiger partial charge in [0.25, 0.3) is 0 Å². The van der Waals surface area contributed by atoms with E-state index < -0.39 is 0 Å². The smallest absolute Gasteiger partial charge is 0.149 e. The van der Waals surface area contributed by atoms with E-state index in [0.29, 0.717) is 6.61 Å². The molecular weight excluding hydrogens is 198 g/mol. The number of ether oxygens (including phenoxy) is 1. The highest BCUT2D eigenvalue weighted by Gasteiger charge is 2.16. The summed E-state index contributed by atoms with van der Waals surface area (Å²) in [5.74, 6) is 6.57. The molecular formula is C14H17NO. The van der Waals surface area contributed by atoms with Crippen LogP contribution in [0.25, 0.3) is 0 Å². The predicted octanol–water partition coefficient (Wildman–Crippen LogP) is 2.42. The zero-order valence-electron chi connectivity index (χ0n) is 9.62. The molecule has 2 heteroatoms. The molecule has 0 aromatic heterocycles. The van der Waals surface area contributed by atoms with Crippen LogP contribution in [0.4, 0.5) is 0 Å². The monoisotopic (exact) mass is 215 g/mol. The molecule has 0 amide bonds. The second kappa shape index (κ2) is 5.05. The van der Waals surface area contributed by atoms with Crippen LogP contribution < -0.4 is 10.5 Å². The summed E-state index contributed by atoms with van der Waals surface area (Å²) in [6, 6.07) is 6.37. The van der Waals surface area contributed by atoms with E-state index in [0.717, 1.165) is 18.6 Å². The Morgan fingerprint density at radius 2 is 2.38 bits per heavy atom. The normalized spacial score (nSPS) is 18.2. The molecule has 0 aliphatic heterocycles. The highest BCUT2D eigenvalue weighted by molar-refractivity contribution is 5.39. The molecule has 0 saturated heterocycles. The van der Waals surface area contributed by atoms with Crippen LogP contribution in [0.1, 0.15) is 36.9 Å². The Kier molecular flexibility index (Phi) is 3.48. The number of rotatable bonds is 2. The zero-order valence-corrected chi connectivity index (χ0v) is 9.62. The number of hydrogen-bond acceptors (Lipinski definition) is 2. The second-order valence-electron chi connectivity index (χ2n) is 4.07. The van der Waals surface area contributed by atoms with Crippen LogP contribution in [-0.2, 0) is 6.42 Å². The van der Waals surface area contributed by atoms with Crippen LogP contribution in [-0.4, -0.2) is 6.61 Å². The van der Waals surface area contributed by atoms with Gasteiger partial charge in [-0.25, -0.2) is 0 Å². The molecule has 1 aliphatic rings. The van der Waals surface area contributed by atoms with Gasteiger partial charge >= 0.3 is 0 Å². The molecule has 16 heavy (non-hydrogen) atoms. The first-order chi connectivity index (χ1) is 7.81. The van der Waals surface area contributed by atoms with Gasteiger partial charge < -0.3 is 10.5 Å². The molecule has 0 fully saturated rings. The maximum Gasteiger partial charge on any atom is 0.149 e. The van der Waals surface area contributed by atoms with Gasteiger partial charge in [0.1, 0.15) is 12.4 Å². The Morgan fingerprint density at radius 1 is 1.50 bits per heavy atom. The van der Waals surface area contributed by atoms with Gasteiger partial charge in [-0.3, -0.25) is 0 Å². The van der Waals surface area contributed by atoms with Crippen molar-refractivity contribution >= 4 is 0 Å². The zero-order chi connectivity index (χ0) is 11.4. The highest BCUT2D eigenvalue weighted by Crippen LogP contribution is 2.30. The van der Waals surface area contributed by atoms with Crippen LogP contribution in [0, 0.1) is 11.8 Å². The van der Waals surface area contributed by atoms with Crippen LogP contribution in [0.3, 0.4) is 0 Å². The minimum atomic E-state index is 0.171. The van der Waals surface area contributed by atoms with Crippen LogP contribution in [0.2, 0.25) is 0 Å². The number of nitrogens with two attached hydrogens (primary N) is 1. The lowest BCUT2D eigenvalue weighted by Gasteiger charge is -2.22. The summed E-state index contributed by atoms with van der Waals surface area (Å²) in [7, 11) is 0. The molecule has 0 radical (unpaired) electrons. The molecule has 0 bridgehead atoms. The first kappa shape index (κ1) is 11.0. The van der Waals surface area contributed by atoms with Crippen molar-refractivity contribution in [3.8, 4) is 17.6 Å². The second-order valence-corrected chi connectivity index (χ2v) is 4.07. The van der Waals surface area contributed by atoms with Crippen molar-refractivity contribution in [2.75, 3.05) is 6.61 Å². The molecule has 2 N–H and O–H groups in total. The molecule has 1 aliphatic carbocycles. The maximum absolute atomic E-state index is 6.09. The Hall–Kier alpha value is -1.46. The van der Waals surface area contributed by atoms with Gasteiger partial charge in [0, 0.05) is 6.04 Å². The van der Waals surface area contributed by atoms with Gasteiger partial charge in [0.2, 0.25) is 0 Å². The van der Waals surface area contributed by atoms with Crippen molar-refractivity contribution in [2.45, 2.75) is 32.2 Å². The summed E-state index contributed by atoms with van der Waals surface area (Å²) in [5, 5.41) is 0. The van der Waals surface area contributed by atoms with Crippen molar-refractivity contribution < 1.29 is 4.74 Å². The topological polar surface area (TPSA) is 35.2 Å². The molecule has 0 spiro atoms. The quantitative estimate of drug-likeness (QED) is 0.769. The van der Waals surface area contributed by atoms with Gasteiger partial charge in [-0.15, -0.1) is 5.92 Å². The Morgan fingerprint density at radius 3 is 3.19 bits per heavy atom. The van der Waals surface area contributed by atoms with Gasteiger partial charge in [-0.1, -0.05) is 12.0 Å². The van der Waals surface area contributed by atoms with Crippen molar-refractivity contribution in [2.24, 2.45) is 5.73 Å². The van der Waals surface area contributed by atoms with Gasteiger partial charge in [0.05, 0.1) is 0 Å². The third-order valence-electron chi connectivity index (χ3n) is 2.97. The molecule has 1 atom stereocenters. The van der Waals surface area contributed by atoms with Gasteiger partial charge in [-0.2, -0.15) is 0 Å². The van der Waals surface area contributed by atoms with Crippen LogP contribution in [0.5, 0.6) is 5.75 Å². The maximum atomic E-state index is 6.09. The summed E-state index contributed by atoms with van der Waals surface area (Å²) >= 11 is 0. The Labute approximate surface area is 96.8 Å². The molecule has 0 saturated carbocycles.